The fourth-order valence-corrected chi connectivity index (χ4v) is 5.84. The molecule has 0 aromatic heterocycles. The van der Waals surface area contributed by atoms with E-state index in [1.807, 2.05) is 0 Å². The maximum atomic E-state index is 13.9. The highest BCUT2D eigenvalue weighted by atomic mass is 35.5. The number of carbonyl (C=O) groups is 1. The third-order valence-electron chi connectivity index (χ3n) is 7.10. The molecule has 0 bridgehead atoms. The highest BCUT2D eigenvalue weighted by Gasteiger charge is 2.24. The molecular weight excluding hydrogens is 595 g/mol. The van der Waals surface area contributed by atoms with E-state index >= 15 is 0 Å². The Hall–Kier alpha value is -2.82. The summed E-state index contributed by atoms with van der Waals surface area (Å²) in [6, 6.07) is 17.6. The van der Waals surface area contributed by atoms with E-state index in [-0.39, 0.29) is 22.1 Å². The van der Waals surface area contributed by atoms with E-state index < -0.39 is 10.0 Å². The highest BCUT2D eigenvalue weighted by Crippen LogP contribution is 2.30. The van der Waals surface area contributed by atoms with Crippen molar-refractivity contribution in [3.05, 3.63) is 82.3 Å². The minimum Gasteiger partial charge on any atom is -0.456 e. The van der Waals surface area contributed by atoms with E-state index in [0.29, 0.717) is 47.7 Å². The number of para-hydroxylation sites is 1. The predicted molar refractivity (Wildman–Crippen MR) is 172 cm³/mol. The second-order valence-corrected chi connectivity index (χ2v) is 12.2. The minimum absolute atomic E-state index is 0.0160. The summed E-state index contributed by atoms with van der Waals surface area (Å²) in [6.07, 6.45) is 0. The standard InChI is InChI=1S/C31H40Cl2N4O4S/c1-5-35(6-2)19-21-37(22-20-36(7-3)8-4)31(38)27-23-24(32)13-18-29(27)34-42(39,40)26-16-14-25(15-17-26)41-30-12-10-9-11-28(30)33/h9-18,23,34H,5-8,19-22H2,1-4H3. The van der Waals surface area contributed by atoms with Gasteiger partial charge in [-0.15, -0.1) is 0 Å². The molecule has 42 heavy (non-hydrogen) atoms. The maximum Gasteiger partial charge on any atom is 0.261 e. The summed E-state index contributed by atoms with van der Waals surface area (Å²) in [7, 11) is -4.03. The molecule has 0 aliphatic heterocycles. The van der Waals surface area contributed by atoms with Crippen molar-refractivity contribution in [2.24, 2.45) is 0 Å². The zero-order valence-corrected chi connectivity index (χ0v) is 27.0. The predicted octanol–water partition coefficient (Wildman–Crippen LogP) is 6.71. The van der Waals surface area contributed by atoms with Crippen LogP contribution in [0.5, 0.6) is 11.5 Å². The van der Waals surface area contributed by atoms with Gasteiger partial charge >= 0.3 is 0 Å². The number of nitrogens with zero attached hydrogens (tertiary/aromatic N) is 3. The molecule has 0 saturated carbocycles. The Morgan fingerprint density at radius 1 is 0.786 bits per heavy atom. The van der Waals surface area contributed by atoms with Crippen LogP contribution >= 0.6 is 23.2 Å². The summed E-state index contributed by atoms with van der Waals surface area (Å²) in [5.74, 6) is 0.614. The zero-order valence-electron chi connectivity index (χ0n) is 24.6. The van der Waals surface area contributed by atoms with Crippen LogP contribution in [-0.4, -0.2) is 81.4 Å². The summed E-state index contributed by atoms with van der Waals surface area (Å²) in [5.41, 5.74) is 0.361. The number of rotatable bonds is 16. The fraction of sp³-hybridized carbons (Fsp3) is 0.387. The van der Waals surface area contributed by atoms with Gasteiger partial charge in [0.25, 0.3) is 15.9 Å². The van der Waals surface area contributed by atoms with Crippen LogP contribution in [0.25, 0.3) is 0 Å². The van der Waals surface area contributed by atoms with Gasteiger partial charge in [0.2, 0.25) is 0 Å². The molecule has 0 aliphatic rings. The maximum absolute atomic E-state index is 13.9. The number of benzene rings is 3. The van der Waals surface area contributed by atoms with Crippen LogP contribution in [0.1, 0.15) is 38.1 Å². The lowest BCUT2D eigenvalue weighted by Crippen LogP contribution is -2.43. The molecule has 0 radical (unpaired) electrons. The quantitative estimate of drug-likeness (QED) is 0.188. The number of hydrogen-bond acceptors (Lipinski definition) is 6. The molecule has 0 saturated heterocycles. The van der Waals surface area contributed by atoms with Gasteiger partial charge in [-0.2, -0.15) is 0 Å². The molecule has 0 unspecified atom stereocenters. The molecule has 0 atom stereocenters. The molecular formula is C31H40Cl2N4O4S. The van der Waals surface area contributed by atoms with Crippen molar-refractivity contribution in [1.29, 1.82) is 0 Å². The SMILES string of the molecule is CCN(CC)CCN(CCN(CC)CC)C(=O)c1cc(Cl)ccc1NS(=O)(=O)c1ccc(Oc2ccccc2Cl)cc1. The van der Waals surface area contributed by atoms with Gasteiger partial charge in [-0.25, -0.2) is 8.42 Å². The molecule has 0 spiro atoms. The van der Waals surface area contributed by atoms with E-state index in [2.05, 4.69) is 42.2 Å². The Morgan fingerprint density at radius 2 is 1.36 bits per heavy atom. The van der Waals surface area contributed by atoms with Gasteiger partial charge in [0.05, 0.1) is 21.2 Å². The Balaban J connectivity index is 1.85. The number of carbonyl (C=O) groups excluding carboxylic acids is 1. The van der Waals surface area contributed by atoms with Crippen molar-refractivity contribution in [3.63, 3.8) is 0 Å². The van der Waals surface area contributed by atoms with Crippen molar-refractivity contribution in [2.45, 2.75) is 32.6 Å². The molecule has 228 valence electrons. The Kier molecular flexibility index (Phi) is 12.9. The molecule has 1 amide bonds. The summed E-state index contributed by atoms with van der Waals surface area (Å²) in [4.78, 5) is 20.2. The molecule has 1 N–H and O–H groups in total. The lowest BCUT2D eigenvalue weighted by Gasteiger charge is -2.29. The average molecular weight is 636 g/mol. The van der Waals surface area contributed by atoms with Crippen molar-refractivity contribution in [1.82, 2.24) is 14.7 Å². The smallest absolute Gasteiger partial charge is 0.261 e. The molecule has 11 heteroatoms. The normalized spacial score (nSPS) is 11.6. The lowest BCUT2D eigenvalue weighted by atomic mass is 10.1. The first kappa shape index (κ1) is 33.7. The first-order valence-electron chi connectivity index (χ1n) is 14.2. The van der Waals surface area contributed by atoms with E-state index in [1.165, 1.54) is 24.3 Å². The van der Waals surface area contributed by atoms with Crippen LogP contribution in [-0.2, 0) is 10.0 Å². The van der Waals surface area contributed by atoms with Gasteiger partial charge in [-0.05, 0) is 80.8 Å². The number of anilines is 1. The zero-order chi connectivity index (χ0) is 30.7. The summed E-state index contributed by atoms with van der Waals surface area (Å²) < 4.78 is 35.2. The van der Waals surface area contributed by atoms with Gasteiger partial charge in [-0.1, -0.05) is 63.0 Å². The van der Waals surface area contributed by atoms with Gasteiger partial charge in [0.1, 0.15) is 11.5 Å². The second kappa shape index (κ2) is 16.1. The monoisotopic (exact) mass is 634 g/mol. The van der Waals surface area contributed by atoms with Gasteiger partial charge < -0.3 is 19.4 Å². The fourth-order valence-electron chi connectivity index (χ4n) is 4.42. The third kappa shape index (κ3) is 9.34. The van der Waals surface area contributed by atoms with Crippen LogP contribution in [0.15, 0.2) is 71.6 Å². The van der Waals surface area contributed by atoms with Crippen LogP contribution in [0, 0.1) is 0 Å². The van der Waals surface area contributed by atoms with Crippen molar-refractivity contribution < 1.29 is 17.9 Å². The van der Waals surface area contributed by atoms with Crippen LogP contribution in [0.4, 0.5) is 5.69 Å². The molecule has 8 nitrogen and oxygen atoms in total. The number of sulfonamides is 1. The number of likely N-dealkylation sites (N-methyl/N-ethyl adjacent to an activating group) is 2. The number of ether oxygens (including phenoxy) is 1. The van der Waals surface area contributed by atoms with E-state index in [4.69, 9.17) is 27.9 Å². The van der Waals surface area contributed by atoms with Crippen LogP contribution in [0.3, 0.4) is 0 Å². The summed E-state index contributed by atoms with van der Waals surface area (Å²) in [6.45, 7) is 14.3. The molecule has 3 aromatic rings. The molecule has 0 heterocycles. The minimum atomic E-state index is -4.03. The van der Waals surface area contributed by atoms with E-state index in [0.717, 1.165) is 26.2 Å². The number of hydrogen-bond donors (Lipinski definition) is 1. The lowest BCUT2D eigenvalue weighted by molar-refractivity contribution is 0.0719. The Bertz CT molecular complexity index is 1400. The number of nitrogens with one attached hydrogen (secondary N) is 1. The summed E-state index contributed by atoms with van der Waals surface area (Å²) in [5, 5.41) is 0.786. The Labute approximate surface area is 260 Å². The topological polar surface area (TPSA) is 82.2 Å². The number of amides is 1. The first-order valence-corrected chi connectivity index (χ1v) is 16.4. The van der Waals surface area contributed by atoms with Crippen LogP contribution < -0.4 is 9.46 Å². The van der Waals surface area contributed by atoms with E-state index in [9.17, 15) is 13.2 Å². The number of halogens is 2. The van der Waals surface area contributed by atoms with Crippen molar-refractivity contribution in [3.8, 4) is 11.5 Å². The van der Waals surface area contributed by atoms with Crippen molar-refractivity contribution in [2.75, 3.05) is 57.1 Å². The summed E-state index contributed by atoms with van der Waals surface area (Å²) >= 11 is 12.5. The van der Waals surface area contributed by atoms with Crippen molar-refractivity contribution >= 4 is 44.8 Å². The molecule has 3 aromatic carbocycles. The molecule has 3 rings (SSSR count). The second-order valence-electron chi connectivity index (χ2n) is 9.65. The molecule has 0 aliphatic carbocycles. The largest absolute Gasteiger partial charge is 0.456 e. The average Bonchev–Trinajstić information content (AvgIpc) is 2.99. The van der Waals surface area contributed by atoms with E-state index in [1.54, 1.807) is 47.4 Å². The van der Waals surface area contributed by atoms with Gasteiger partial charge in [0, 0.05) is 31.2 Å². The third-order valence-corrected chi connectivity index (χ3v) is 9.03. The molecule has 0 fully saturated rings. The van der Waals surface area contributed by atoms with Crippen LogP contribution in [0.2, 0.25) is 10.0 Å². The Morgan fingerprint density at radius 3 is 1.90 bits per heavy atom. The first-order chi connectivity index (χ1) is 20.1. The highest BCUT2D eigenvalue weighted by molar-refractivity contribution is 7.92. The van der Waals surface area contributed by atoms with Gasteiger partial charge in [-0.3, -0.25) is 9.52 Å². The van der Waals surface area contributed by atoms with Gasteiger partial charge in [0.15, 0.2) is 0 Å².